The number of carbonyl (C=O) groups excluding carboxylic acids is 1. The van der Waals surface area contributed by atoms with E-state index in [-0.39, 0.29) is 5.91 Å². The molecule has 0 N–H and O–H groups in total. The van der Waals surface area contributed by atoms with Crippen LogP contribution < -0.4 is 4.31 Å². The first kappa shape index (κ1) is 19.8. The minimum absolute atomic E-state index is 0.290. The summed E-state index contributed by atoms with van der Waals surface area (Å²) in [6, 6.07) is 17.4. The molecule has 146 valence electrons. The monoisotopic (exact) mass is 397 g/mol. The van der Waals surface area contributed by atoms with Crippen molar-refractivity contribution in [3.63, 3.8) is 0 Å². The number of para-hydroxylation sites is 2. The number of nitrogens with zero attached hydrogens (tertiary/aromatic N) is 3. The first-order chi connectivity index (χ1) is 13.3. The van der Waals surface area contributed by atoms with Gasteiger partial charge in [-0.2, -0.15) is 0 Å². The van der Waals surface area contributed by atoms with E-state index in [1.165, 1.54) is 4.90 Å². The fraction of sp³-hybridized carbons (Fsp3) is 0.238. The van der Waals surface area contributed by atoms with E-state index in [1.54, 1.807) is 50.5 Å². The minimum Gasteiger partial charge on any atom is -0.340 e. The van der Waals surface area contributed by atoms with Gasteiger partial charge in [0, 0.05) is 25.2 Å². The Balaban J connectivity index is 1.87. The number of benzene rings is 2. The number of carbonyl (C=O) groups is 1. The van der Waals surface area contributed by atoms with Crippen LogP contribution in [0, 0.1) is 0 Å². The smallest absolute Gasteiger partial charge is 0.246 e. The molecule has 0 aliphatic heterocycles. The maximum absolute atomic E-state index is 13.0. The Kier molecular flexibility index (Phi) is 5.65. The largest absolute Gasteiger partial charge is 0.340 e. The van der Waals surface area contributed by atoms with Gasteiger partial charge in [-0.3, -0.25) is 14.1 Å². The van der Waals surface area contributed by atoms with E-state index in [9.17, 15) is 13.2 Å². The highest BCUT2D eigenvalue weighted by molar-refractivity contribution is 7.92. The number of hydrogen-bond donors (Lipinski definition) is 0. The standard InChI is InChI=1S/C21H23N3O3S/c1-16(24(28(3,26)27)19-12-5-4-6-13-19)21(25)23(2)15-18-10-7-9-17-11-8-14-22-20(17)18/h4-14,16H,15H2,1-3H3/t16-/m0/s1. The van der Waals surface area contributed by atoms with Crippen LogP contribution in [0.4, 0.5) is 5.69 Å². The highest BCUT2D eigenvalue weighted by Crippen LogP contribution is 2.22. The van der Waals surface area contributed by atoms with Crippen molar-refractivity contribution >= 4 is 32.5 Å². The van der Waals surface area contributed by atoms with Gasteiger partial charge in [0.05, 0.1) is 17.5 Å². The van der Waals surface area contributed by atoms with Crippen molar-refractivity contribution in [1.29, 1.82) is 0 Å². The second-order valence-electron chi connectivity index (χ2n) is 6.76. The first-order valence-corrected chi connectivity index (χ1v) is 10.8. The Bertz CT molecular complexity index is 1080. The molecule has 1 heterocycles. The number of aromatic nitrogens is 1. The van der Waals surface area contributed by atoms with Crippen LogP contribution in [-0.4, -0.2) is 43.6 Å². The highest BCUT2D eigenvalue weighted by atomic mass is 32.2. The van der Waals surface area contributed by atoms with Gasteiger partial charge < -0.3 is 4.90 Å². The van der Waals surface area contributed by atoms with Gasteiger partial charge in [-0.05, 0) is 30.7 Å². The van der Waals surface area contributed by atoms with E-state index in [0.29, 0.717) is 12.2 Å². The first-order valence-electron chi connectivity index (χ1n) is 8.91. The molecule has 0 aliphatic rings. The zero-order chi connectivity index (χ0) is 20.3. The van der Waals surface area contributed by atoms with E-state index in [4.69, 9.17) is 0 Å². The van der Waals surface area contributed by atoms with Crippen LogP contribution >= 0.6 is 0 Å². The summed E-state index contributed by atoms with van der Waals surface area (Å²) in [6.07, 6.45) is 2.83. The highest BCUT2D eigenvalue weighted by Gasteiger charge is 2.31. The molecule has 0 saturated carbocycles. The van der Waals surface area contributed by atoms with E-state index in [0.717, 1.165) is 27.0 Å². The Morgan fingerprint density at radius 3 is 2.39 bits per heavy atom. The molecule has 0 saturated heterocycles. The Hall–Kier alpha value is -2.93. The molecule has 3 aromatic rings. The summed E-state index contributed by atoms with van der Waals surface area (Å²) >= 11 is 0. The third-order valence-corrected chi connectivity index (χ3v) is 5.82. The van der Waals surface area contributed by atoms with E-state index >= 15 is 0 Å². The molecular formula is C21H23N3O3S. The number of rotatable bonds is 6. The fourth-order valence-corrected chi connectivity index (χ4v) is 4.49. The summed E-state index contributed by atoms with van der Waals surface area (Å²) in [5.74, 6) is -0.290. The molecular weight excluding hydrogens is 374 g/mol. The zero-order valence-corrected chi connectivity index (χ0v) is 16.9. The van der Waals surface area contributed by atoms with Gasteiger partial charge in [-0.1, -0.05) is 42.5 Å². The summed E-state index contributed by atoms with van der Waals surface area (Å²) < 4.78 is 25.9. The number of pyridine rings is 1. The third kappa shape index (κ3) is 4.14. The SMILES string of the molecule is C[C@@H](C(=O)N(C)Cc1cccc2cccnc12)N(c1ccccc1)S(C)(=O)=O. The number of likely N-dealkylation sites (N-methyl/N-ethyl adjacent to an activating group) is 1. The van der Waals surface area contributed by atoms with Crippen LogP contribution in [0.1, 0.15) is 12.5 Å². The zero-order valence-electron chi connectivity index (χ0n) is 16.1. The van der Waals surface area contributed by atoms with Gasteiger partial charge in [-0.15, -0.1) is 0 Å². The second-order valence-corrected chi connectivity index (χ2v) is 8.62. The maximum atomic E-state index is 13.0. The van der Waals surface area contributed by atoms with Gasteiger partial charge in [0.1, 0.15) is 6.04 Å². The topological polar surface area (TPSA) is 70.6 Å². The van der Waals surface area contributed by atoms with Crippen molar-refractivity contribution in [2.75, 3.05) is 17.6 Å². The van der Waals surface area contributed by atoms with Gasteiger partial charge in [0.2, 0.25) is 15.9 Å². The van der Waals surface area contributed by atoms with Crippen molar-refractivity contribution in [1.82, 2.24) is 9.88 Å². The van der Waals surface area contributed by atoms with E-state index in [2.05, 4.69) is 4.98 Å². The van der Waals surface area contributed by atoms with Crippen molar-refractivity contribution in [3.8, 4) is 0 Å². The predicted molar refractivity (Wildman–Crippen MR) is 111 cm³/mol. The summed E-state index contributed by atoms with van der Waals surface area (Å²) in [7, 11) is -1.96. The number of fused-ring (bicyclic) bond motifs is 1. The molecule has 0 fully saturated rings. The molecule has 1 aromatic heterocycles. The number of sulfonamides is 1. The Labute approximate surface area is 165 Å². The van der Waals surface area contributed by atoms with Crippen LogP contribution in [-0.2, 0) is 21.4 Å². The van der Waals surface area contributed by atoms with Gasteiger partial charge >= 0.3 is 0 Å². The molecule has 0 spiro atoms. The van der Waals surface area contributed by atoms with E-state index in [1.807, 2.05) is 30.3 Å². The molecule has 3 rings (SSSR count). The molecule has 1 atom stereocenters. The van der Waals surface area contributed by atoms with Crippen molar-refractivity contribution in [2.24, 2.45) is 0 Å². The quantitative estimate of drug-likeness (QED) is 0.641. The van der Waals surface area contributed by atoms with E-state index < -0.39 is 16.1 Å². The molecule has 1 amide bonds. The van der Waals surface area contributed by atoms with Crippen molar-refractivity contribution in [3.05, 3.63) is 72.4 Å². The lowest BCUT2D eigenvalue weighted by molar-refractivity contribution is -0.131. The molecule has 6 nitrogen and oxygen atoms in total. The third-order valence-electron chi connectivity index (χ3n) is 4.58. The molecule has 0 aliphatic carbocycles. The van der Waals surface area contributed by atoms with Crippen LogP contribution in [0.3, 0.4) is 0 Å². The average Bonchev–Trinajstić information content (AvgIpc) is 2.67. The predicted octanol–water partition coefficient (Wildman–Crippen LogP) is 3.05. The summed E-state index contributed by atoms with van der Waals surface area (Å²) in [6.45, 7) is 1.94. The fourth-order valence-electron chi connectivity index (χ4n) is 3.32. The second kappa shape index (κ2) is 7.98. The average molecular weight is 398 g/mol. The molecule has 0 radical (unpaired) electrons. The van der Waals surface area contributed by atoms with Crippen molar-refractivity contribution in [2.45, 2.75) is 19.5 Å². The van der Waals surface area contributed by atoms with Gasteiger partial charge in [0.25, 0.3) is 0 Å². The van der Waals surface area contributed by atoms with Crippen LogP contribution in [0.15, 0.2) is 66.9 Å². The number of amides is 1. The van der Waals surface area contributed by atoms with Crippen LogP contribution in [0.2, 0.25) is 0 Å². The normalized spacial score (nSPS) is 12.5. The summed E-state index contributed by atoms with van der Waals surface area (Å²) in [4.78, 5) is 19.0. The molecule has 2 aromatic carbocycles. The van der Waals surface area contributed by atoms with Gasteiger partial charge in [0.15, 0.2) is 0 Å². The minimum atomic E-state index is -3.63. The van der Waals surface area contributed by atoms with Crippen LogP contribution in [0.5, 0.6) is 0 Å². The number of anilines is 1. The molecule has 0 unspecified atom stereocenters. The van der Waals surface area contributed by atoms with Crippen LogP contribution in [0.25, 0.3) is 10.9 Å². The maximum Gasteiger partial charge on any atom is 0.246 e. The van der Waals surface area contributed by atoms with Crippen molar-refractivity contribution < 1.29 is 13.2 Å². The lowest BCUT2D eigenvalue weighted by Gasteiger charge is -2.31. The lowest BCUT2D eigenvalue weighted by Crippen LogP contribution is -2.48. The lowest BCUT2D eigenvalue weighted by atomic mass is 10.1. The molecule has 0 bridgehead atoms. The number of hydrogen-bond acceptors (Lipinski definition) is 4. The molecule has 7 heteroatoms. The Morgan fingerprint density at radius 1 is 1.04 bits per heavy atom. The summed E-state index contributed by atoms with van der Waals surface area (Å²) in [5, 5.41) is 0.996. The Morgan fingerprint density at radius 2 is 1.71 bits per heavy atom. The van der Waals surface area contributed by atoms with Gasteiger partial charge in [-0.25, -0.2) is 8.42 Å². The summed E-state index contributed by atoms with van der Waals surface area (Å²) in [5.41, 5.74) is 2.21. The molecule has 28 heavy (non-hydrogen) atoms.